The van der Waals surface area contributed by atoms with Crippen molar-refractivity contribution in [3.05, 3.63) is 47.5 Å². The van der Waals surface area contributed by atoms with Crippen molar-refractivity contribution < 1.29 is 0 Å². The van der Waals surface area contributed by atoms with Crippen LogP contribution >= 0.6 is 0 Å². The zero-order chi connectivity index (χ0) is 17.1. The Kier molecular flexibility index (Phi) is 5.03. The van der Waals surface area contributed by atoms with Crippen LogP contribution in [0.25, 0.3) is 0 Å². The van der Waals surface area contributed by atoms with E-state index in [4.69, 9.17) is 5.10 Å². The molecule has 2 aromatic rings. The Morgan fingerprint density at radius 3 is 2.39 bits per heavy atom. The summed E-state index contributed by atoms with van der Waals surface area (Å²) in [6, 6.07) is 8.07. The monoisotopic (exact) mass is 312 g/mol. The van der Waals surface area contributed by atoms with Crippen LogP contribution in [0.1, 0.15) is 58.6 Å². The van der Waals surface area contributed by atoms with E-state index in [1.807, 2.05) is 24.4 Å². The molecule has 0 bridgehead atoms. The smallest absolute Gasteiger partial charge is 0.0807 e. The number of aromatic nitrogens is 3. The molecule has 0 atom stereocenters. The van der Waals surface area contributed by atoms with Gasteiger partial charge in [0.25, 0.3) is 0 Å². The van der Waals surface area contributed by atoms with Gasteiger partial charge in [0.05, 0.1) is 24.5 Å². The van der Waals surface area contributed by atoms with Gasteiger partial charge in [0.1, 0.15) is 0 Å². The average molecular weight is 312 g/mol. The van der Waals surface area contributed by atoms with E-state index < -0.39 is 0 Å². The molecule has 124 valence electrons. The minimum Gasteiger partial charge on any atom is -0.289 e. The van der Waals surface area contributed by atoms with E-state index in [-0.39, 0.29) is 10.8 Å². The summed E-state index contributed by atoms with van der Waals surface area (Å²) in [5.41, 5.74) is 3.41. The highest BCUT2D eigenvalue weighted by Gasteiger charge is 2.25. The summed E-state index contributed by atoms with van der Waals surface area (Å²) in [5.74, 6) is 0. The first kappa shape index (κ1) is 17.4. The molecule has 23 heavy (non-hydrogen) atoms. The van der Waals surface area contributed by atoms with E-state index in [2.05, 4.69) is 62.3 Å². The van der Waals surface area contributed by atoms with Crippen molar-refractivity contribution in [2.45, 2.75) is 58.9 Å². The molecule has 0 amide bonds. The lowest BCUT2D eigenvalue weighted by atomic mass is 9.88. The van der Waals surface area contributed by atoms with Gasteiger partial charge in [-0.2, -0.15) is 5.10 Å². The molecule has 0 unspecified atom stereocenters. The first-order chi connectivity index (χ1) is 10.7. The van der Waals surface area contributed by atoms with E-state index >= 15 is 0 Å². The summed E-state index contributed by atoms with van der Waals surface area (Å²) in [6.07, 6.45) is 3.60. The molecule has 0 saturated heterocycles. The SMILES string of the molecule is CC(C)(C)c1cc(C(C)(C)C)n(CCN=Cc2ccccn2)n1. The summed E-state index contributed by atoms with van der Waals surface area (Å²) >= 11 is 0. The van der Waals surface area contributed by atoms with E-state index in [0.29, 0.717) is 6.54 Å². The Labute approximate surface area is 139 Å². The lowest BCUT2D eigenvalue weighted by molar-refractivity contribution is 0.480. The molecular formula is C19H28N4. The van der Waals surface area contributed by atoms with Gasteiger partial charge < -0.3 is 0 Å². The van der Waals surface area contributed by atoms with Crippen molar-refractivity contribution in [1.82, 2.24) is 14.8 Å². The molecule has 0 N–H and O–H groups in total. The summed E-state index contributed by atoms with van der Waals surface area (Å²) in [7, 11) is 0. The Bertz CT molecular complexity index is 655. The fraction of sp³-hybridized carbons (Fsp3) is 0.526. The van der Waals surface area contributed by atoms with Crippen LogP contribution in [0.15, 0.2) is 35.5 Å². The maximum atomic E-state index is 4.82. The second-order valence-electron chi connectivity index (χ2n) is 7.93. The van der Waals surface area contributed by atoms with Crippen molar-refractivity contribution in [2.24, 2.45) is 4.99 Å². The molecule has 0 fully saturated rings. The van der Waals surface area contributed by atoms with Gasteiger partial charge in [0, 0.05) is 28.9 Å². The van der Waals surface area contributed by atoms with Gasteiger partial charge in [-0.15, -0.1) is 0 Å². The molecule has 0 aliphatic carbocycles. The normalized spacial score (nSPS) is 13.0. The Balaban J connectivity index is 2.12. The highest BCUT2D eigenvalue weighted by Crippen LogP contribution is 2.28. The molecule has 0 saturated carbocycles. The van der Waals surface area contributed by atoms with Crippen molar-refractivity contribution in [1.29, 1.82) is 0 Å². The van der Waals surface area contributed by atoms with Gasteiger partial charge in [-0.3, -0.25) is 14.7 Å². The first-order valence-corrected chi connectivity index (χ1v) is 8.17. The molecule has 0 radical (unpaired) electrons. The maximum absolute atomic E-state index is 4.82. The summed E-state index contributed by atoms with van der Waals surface area (Å²) < 4.78 is 2.11. The van der Waals surface area contributed by atoms with Crippen LogP contribution < -0.4 is 0 Å². The lowest BCUT2D eigenvalue weighted by Gasteiger charge is -2.19. The van der Waals surface area contributed by atoms with E-state index in [9.17, 15) is 0 Å². The van der Waals surface area contributed by atoms with Crippen LogP contribution in [-0.4, -0.2) is 27.5 Å². The molecular weight excluding hydrogens is 284 g/mol. The van der Waals surface area contributed by atoms with Gasteiger partial charge in [-0.05, 0) is 18.2 Å². The topological polar surface area (TPSA) is 43.1 Å². The van der Waals surface area contributed by atoms with Crippen LogP contribution in [0.2, 0.25) is 0 Å². The third-order valence-corrected chi connectivity index (χ3v) is 3.67. The summed E-state index contributed by atoms with van der Waals surface area (Å²) in [5, 5.41) is 4.82. The highest BCUT2D eigenvalue weighted by atomic mass is 15.3. The maximum Gasteiger partial charge on any atom is 0.0807 e. The summed E-state index contributed by atoms with van der Waals surface area (Å²) in [6.45, 7) is 14.8. The van der Waals surface area contributed by atoms with Crippen molar-refractivity contribution >= 4 is 6.21 Å². The van der Waals surface area contributed by atoms with E-state index in [0.717, 1.165) is 17.9 Å². The third kappa shape index (κ3) is 4.75. The minimum atomic E-state index is 0.0580. The molecule has 2 rings (SSSR count). The number of rotatable bonds is 4. The molecule has 0 spiro atoms. The summed E-state index contributed by atoms with van der Waals surface area (Å²) in [4.78, 5) is 8.73. The minimum absolute atomic E-state index is 0.0580. The number of nitrogens with zero attached hydrogens (tertiary/aromatic N) is 4. The van der Waals surface area contributed by atoms with Crippen LogP contribution in [-0.2, 0) is 17.4 Å². The Morgan fingerprint density at radius 2 is 1.83 bits per heavy atom. The Morgan fingerprint density at radius 1 is 1.09 bits per heavy atom. The predicted octanol–water partition coefficient (Wildman–Crippen LogP) is 3.99. The van der Waals surface area contributed by atoms with Gasteiger partial charge in [-0.1, -0.05) is 47.6 Å². The Hall–Kier alpha value is -1.97. The molecule has 4 nitrogen and oxygen atoms in total. The van der Waals surface area contributed by atoms with Crippen molar-refractivity contribution in [2.75, 3.05) is 6.54 Å². The standard InChI is InChI=1S/C19H28N4/c1-18(2,3)16-13-17(19(4,5)6)23(22-16)12-11-20-14-15-9-7-8-10-21-15/h7-10,13-14H,11-12H2,1-6H3. The van der Waals surface area contributed by atoms with Crippen LogP contribution in [0.5, 0.6) is 0 Å². The molecule has 2 heterocycles. The van der Waals surface area contributed by atoms with Crippen LogP contribution in [0.3, 0.4) is 0 Å². The van der Waals surface area contributed by atoms with Gasteiger partial charge >= 0.3 is 0 Å². The van der Waals surface area contributed by atoms with E-state index in [1.165, 1.54) is 5.69 Å². The van der Waals surface area contributed by atoms with Gasteiger partial charge in [0.2, 0.25) is 0 Å². The molecule has 0 aliphatic heterocycles. The molecule has 4 heteroatoms. The molecule has 0 aliphatic rings. The van der Waals surface area contributed by atoms with Crippen LogP contribution in [0.4, 0.5) is 0 Å². The first-order valence-electron chi connectivity index (χ1n) is 8.17. The van der Waals surface area contributed by atoms with Crippen LogP contribution in [0, 0.1) is 0 Å². The average Bonchev–Trinajstić information content (AvgIpc) is 2.89. The number of pyridine rings is 1. The second kappa shape index (κ2) is 6.65. The largest absolute Gasteiger partial charge is 0.289 e. The number of aliphatic imine (C=N–C) groups is 1. The zero-order valence-electron chi connectivity index (χ0n) is 15.2. The van der Waals surface area contributed by atoms with Crippen molar-refractivity contribution in [3.8, 4) is 0 Å². The number of hydrogen-bond donors (Lipinski definition) is 0. The lowest BCUT2D eigenvalue weighted by Crippen LogP contribution is -2.19. The number of hydrogen-bond acceptors (Lipinski definition) is 3. The second-order valence-corrected chi connectivity index (χ2v) is 7.93. The predicted molar refractivity (Wildman–Crippen MR) is 96.3 cm³/mol. The fourth-order valence-electron chi connectivity index (χ4n) is 2.32. The van der Waals surface area contributed by atoms with Gasteiger partial charge in [0.15, 0.2) is 0 Å². The fourth-order valence-corrected chi connectivity index (χ4v) is 2.32. The van der Waals surface area contributed by atoms with Crippen molar-refractivity contribution in [3.63, 3.8) is 0 Å². The third-order valence-electron chi connectivity index (χ3n) is 3.67. The highest BCUT2D eigenvalue weighted by molar-refractivity contribution is 5.76. The molecule has 2 aromatic heterocycles. The quantitative estimate of drug-likeness (QED) is 0.801. The molecule has 0 aromatic carbocycles. The van der Waals surface area contributed by atoms with Gasteiger partial charge in [-0.25, -0.2) is 0 Å². The zero-order valence-corrected chi connectivity index (χ0v) is 15.2. The van der Waals surface area contributed by atoms with E-state index in [1.54, 1.807) is 6.20 Å².